The topological polar surface area (TPSA) is 48.3 Å². The summed E-state index contributed by atoms with van der Waals surface area (Å²) < 4.78 is 5.59. The first-order chi connectivity index (χ1) is 9.26. The normalized spacial score (nSPS) is 40.2. The number of ether oxygens (including phenoxy) is 1. The fourth-order valence-corrected chi connectivity index (χ4v) is 3.69. The van der Waals surface area contributed by atoms with Crippen molar-refractivity contribution in [3.8, 4) is 6.07 Å². The molecule has 1 saturated heterocycles. The van der Waals surface area contributed by atoms with E-state index in [1.54, 1.807) is 0 Å². The highest BCUT2D eigenvalue weighted by Crippen LogP contribution is 2.37. The van der Waals surface area contributed by atoms with Crippen molar-refractivity contribution in [2.24, 2.45) is 0 Å². The molecule has 3 rings (SSSR count). The predicted octanol–water partition coefficient (Wildman–Crippen LogP) is 1.66. The summed E-state index contributed by atoms with van der Waals surface area (Å²) in [6.07, 6.45) is 6.82. The molecule has 1 aliphatic heterocycles. The molecule has 3 atom stereocenters. The summed E-state index contributed by atoms with van der Waals surface area (Å²) in [5.41, 5.74) is -0.248. The van der Waals surface area contributed by atoms with Crippen molar-refractivity contribution in [2.75, 3.05) is 19.8 Å². The van der Waals surface area contributed by atoms with E-state index in [1.807, 2.05) is 0 Å². The maximum Gasteiger partial charge on any atom is 0.108 e. The number of hydrogen-bond acceptors (Lipinski definition) is 4. The summed E-state index contributed by atoms with van der Waals surface area (Å²) in [6, 6.07) is 4.32. The lowest BCUT2D eigenvalue weighted by molar-refractivity contribution is -0.0296. The average Bonchev–Trinajstić information content (AvgIpc) is 3.16. The number of nitrogens with zero attached hydrogens (tertiary/aromatic N) is 2. The molecule has 0 bridgehead atoms. The molecule has 0 aromatic carbocycles. The van der Waals surface area contributed by atoms with Crippen molar-refractivity contribution < 1.29 is 4.74 Å². The van der Waals surface area contributed by atoms with Crippen molar-refractivity contribution >= 4 is 0 Å². The Morgan fingerprint density at radius 2 is 2.26 bits per heavy atom. The lowest BCUT2D eigenvalue weighted by atomic mass is 9.98. The molecule has 0 amide bonds. The average molecular weight is 263 g/mol. The van der Waals surface area contributed by atoms with Gasteiger partial charge < -0.3 is 4.74 Å². The highest BCUT2D eigenvalue weighted by molar-refractivity contribution is 5.15. The van der Waals surface area contributed by atoms with Gasteiger partial charge in [0.05, 0.1) is 19.3 Å². The second-order valence-corrected chi connectivity index (χ2v) is 6.38. The summed E-state index contributed by atoms with van der Waals surface area (Å²) in [4.78, 5) is 2.61. The van der Waals surface area contributed by atoms with Crippen LogP contribution in [0, 0.1) is 11.3 Å². The molecule has 4 heteroatoms. The first kappa shape index (κ1) is 13.4. The van der Waals surface area contributed by atoms with Gasteiger partial charge in [0.2, 0.25) is 0 Å². The van der Waals surface area contributed by atoms with Crippen molar-refractivity contribution in [2.45, 2.75) is 69.1 Å². The van der Waals surface area contributed by atoms with Gasteiger partial charge in [0, 0.05) is 24.7 Å². The van der Waals surface area contributed by atoms with Gasteiger partial charge in [0.25, 0.3) is 0 Å². The van der Waals surface area contributed by atoms with Gasteiger partial charge >= 0.3 is 0 Å². The standard InChI is InChI=1S/C15H25N3O/c1-2-13-10-19-8-7-18(13)14-5-6-15(9-14,11-16)17-12-3-4-12/h12-14,17H,2-10H2,1H3. The van der Waals surface area contributed by atoms with E-state index >= 15 is 0 Å². The molecular formula is C15H25N3O. The van der Waals surface area contributed by atoms with Crippen molar-refractivity contribution in [3.05, 3.63) is 0 Å². The van der Waals surface area contributed by atoms with Crippen LogP contribution in [0.3, 0.4) is 0 Å². The van der Waals surface area contributed by atoms with Crippen LogP contribution >= 0.6 is 0 Å². The molecule has 4 nitrogen and oxygen atoms in total. The highest BCUT2D eigenvalue weighted by atomic mass is 16.5. The number of rotatable bonds is 4. The number of nitrogens with one attached hydrogen (secondary N) is 1. The zero-order chi connectivity index (χ0) is 13.3. The molecule has 19 heavy (non-hydrogen) atoms. The molecule has 2 saturated carbocycles. The maximum absolute atomic E-state index is 9.58. The zero-order valence-electron chi connectivity index (χ0n) is 11.9. The largest absolute Gasteiger partial charge is 0.378 e. The van der Waals surface area contributed by atoms with Gasteiger partial charge in [-0.15, -0.1) is 0 Å². The van der Waals surface area contributed by atoms with Gasteiger partial charge in [-0.05, 0) is 38.5 Å². The van der Waals surface area contributed by atoms with E-state index in [9.17, 15) is 5.26 Å². The van der Waals surface area contributed by atoms with Crippen LogP contribution in [0.1, 0.15) is 45.4 Å². The van der Waals surface area contributed by atoms with E-state index in [-0.39, 0.29) is 5.54 Å². The van der Waals surface area contributed by atoms with Crippen LogP contribution in [0.4, 0.5) is 0 Å². The van der Waals surface area contributed by atoms with Gasteiger partial charge in [0.1, 0.15) is 5.54 Å². The third-order valence-corrected chi connectivity index (χ3v) is 4.97. The lowest BCUT2D eigenvalue weighted by Crippen LogP contribution is -2.51. The maximum atomic E-state index is 9.58. The highest BCUT2D eigenvalue weighted by Gasteiger charge is 2.45. The minimum atomic E-state index is -0.248. The Bertz CT molecular complexity index is 363. The van der Waals surface area contributed by atoms with Crippen molar-refractivity contribution in [1.82, 2.24) is 10.2 Å². The fraction of sp³-hybridized carbons (Fsp3) is 0.933. The van der Waals surface area contributed by atoms with Gasteiger partial charge in [0.15, 0.2) is 0 Å². The molecule has 106 valence electrons. The van der Waals surface area contributed by atoms with E-state index in [1.165, 1.54) is 12.8 Å². The lowest BCUT2D eigenvalue weighted by Gasteiger charge is -2.39. The molecule has 0 aromatic heterocycles. The Labute approximate surface area is 116 Å². The van der Waals surface area contributed by atoms with Crippen molar-refractivity contribution in [1.29, 1.82) is 5.26 Å². The van der Waals surface area contributed by atoms with Crippen LogP contribution in [-0.2, 0) is 4.74 Å². The van der Waals surface area contributed by atoms with Crippen LogP contribution in [0.25, 0.3) is 0 Å². The molecule has 0 aromatic rings. The van der Waals surface area contributed by atoms with Crippen LogP contribution in [0.2, 0.25) is 0 Å². The monoisotopic (exact) mass is 263 g/mol. The van der Waals surface area contributed by atoms with Gasteiger partial charge in [-0.3, -0.25) is 10.2 Å². The van der Waals surface area contributed by atoms with Gasteiger partial charge in [-0.25, -0.2) is 0 Å². The molecule has 0 spiro atoms. The first-order valence-electron chi connectivity index (χ1n) is 7.79. The van der Waals surface area contributed by atoms with E-state index in [2.05, 4.69) is 23.2 Å². The van der Waals surface area contributed by atoms with E-state index in [0.29, 0.717) is 18.1 Å². The Balaban J connectivity index is 1.64. The van der Waals surface area contributed by atoms with Crippen LogP contribution in [-0.4, -0.2) is 48.3 Å². The summed E-state index contributed by atoms with van der Waals surface area (Å²) in [5.74, 6) is 0. The Hall–Kier alpha value is -0.630. The molecule has 1 heterocycles. The molecule has 2 aliphatic carbocycles. The van der Waals surface area contributed by atoms with Crippen molar-refractivity contribution in [3.63, 3.8) is 0 Å². The molecule has 1 N–H and O–H groups in total. The van der Waals surface area contributed by atoms with Crippen LogP contribution in [0.5, 0.6) is 0 Å². The van der Waals surface area contributed by atoms with E-state index in [0.717, 1.165) is 45.4 Å². The van der Waals surface area contributed by atoms with Gasteiger partial charge in [-0.1, -0.05) is 6.92 Å². The summed E-state index contributed by atoms with van der Waals surface area (Å²) in [5, 5.41) is 13.2. The number of nitriles is 1. The summed E-state index contributed by atoms with van der Waals surface area (Å²) >= 11 is 0. The molecule has 3 fully saturated rings. The fourth-order valence-electron chi connectivity index (χ4n) is 3.69. The quantitative estimate of drug-likeness (QED) is 0.838. The smallest absolute Gasteiger partial charge is 0.108 e. The second-order valence-electron chi connectivity index (χ2n) is 6.38. The Morgan fingerprint density at radius 1 is 1.42 bits per heavy atom. The number of hydrogen-bond donors (Lipinski definition) is 1. The third-order valence-electron chi connectivity index (χ3n) is 4.97. The second kappa shape index (κ2) is 5.40. The molecular weight excluding hydrogens is 238 g/mol. The first-order valence-corrected chi connectivity index (χ1v) is 7.79. The molecule has 3 aliphatic rings. The molecule has 3 unspecified atom stereocenters. The Morgan fingerprint density at radius 3 is 2.95 bits per heavy atom. The van der Waals surface area contributed by atoms with Crippen LogP contribution < -0.4 is 5.32 Å². The third kappa shape index (κ3) is 2.79. The van der Waals surface area contributed by atoms with Crippen LogP contribution in [0.15, 0.2) is 0 Å². The number of morpholine rings is 1. The summed E-state index contributed by atoms with van der Waals surface area (Å²) in [7, 11) is 0. The predicted molar refractivity (Wildman–Crippen MR) is 73.7 cm³/mol. The van der Waals surface area contributed by atoms with E-state index in [4.69, 9.17) is 4.74 Å². The molecule has 0 radical (unpaired) electrons. The minimum absolute atomic E-state index is 0.248. The van der Waals surface area contributed by atoms with E-state index < -0.39 is 0 Å². The SMILES string of the molecule is CCC1COCCN1C1CCC(C#N)(NC2CC2)C1. The zero-order valence-corrected chi connectivity index (χ0v) is 11.9. The Kier molecular flexibility index (Phi) is 3.79. The minimum Gasteiger partial charge on any atom is -0.378 e. The summed E-state index contributed by atoms with van der Waals surface area (Å²) in [6.45, 7) is 4.99. The van der Waals surface area contributed by atoms with Gasteiger partial charge in [-0.2, -0.15) is 5.26 Å².